The standard InChI is InChI=1S/C17H34N2/c1-3-7-16-8-5-6-14-19(16)17-11-9-15(10-12-17)18-13-4-2/h15-18H,3-14H2,1-2H3. The summed E-state index contributed by atoms with van der Waals surface area (Å²) in [5.41, 5.74) is 0. The summed E-state index contributed by atoms with van der Waals surface area (Å²) in [5, 5.41) is 3.71. The van der Waals surface area contributed by atoms with Crippen molar-refractivity contribution in [2.45, 2.75) is 96.2 Å². The summed E-state index contributed by atoms with van der Waals surface area (Å²) in [5.74, 6) is 0. The number of nitrogens with zero attached hydrogens (tertiary/aromatic N) is 1. The smallest absolute Gasteiger partial charge is 0.00993 e. The van der Waals surface area contributed by atoms with Crippen molar-refractivity contribution in [1.29, 1.82) is 0 Å². The molecule has 1 saturated heterocycles. The van der Waals surface area contributed by atoms with Gasteiger partial charge in [-0.1, -0.05) is 26.7 Å². The Bertz CT molecular complexity index is 231. The minimum Gasteiger partial charge on any atom is -0.314 e. The Morgan fingerprint density at radius 1 is 0.947 bits per heavy atom. The van der Waals surface area contributed by atoms with Gasteiger partial charge in [0.25, 0.3) is 0 Å². The Labute approximate surface area is 120 Å². The predicted molar refractivity (Wildman–Crippen MR) is 83.6 cm³/mol. The predicted octanol–water partition coefficient (Wildman–Crippen LogP) is 3.95. The SMILES string of the molecule is CCCNC1CCC(N2CCCCC2CCC)CC1. The Balaban J connectivity index is 1.78. The van der Waals surface area contributed by atoms with Crippen LogP contribution < -0.4 is 5.32 Å². The van der Waals surface area contributed by atoms with Gasteiger partial charge in [-0.2, -0.15) is 0 Å². The molecule has 2 rings (SSSR count). The van der Waals surface area contributed by atoms with Gasteiger partial charge in [0.1, 0.15) is 0 Å². The third kappa shape index (κ3) is 4.46. The lowest BCUT2D eigenvalue weighted by Gasteiger charge is -2.44. The first-order chi connectivity index (χ1) is 9.35. The minimum atomic E-state index is 0.811. The van der Waals surface area contributed by atoms with Crippen LogP contribution in [0.4, 0.5) is 0 Å². The fourth-order valence-corrected chi connectivity index (χ4v) is 4.11. The van der Waals surface area contributed by atoms with Crippen molar-refractivity contribution in [1.82, 2.24) is 10.2 Å². The average Bonchev–Trinajstić information content (AvgIpc) is 2.47. The lowest BCUT2D eigenvalue weighted by Crippen LogP contribution is -2.49. The molecule has 0 aromatic heterocycles. The summed E-state index contributed by atoms with van der Waals surface area (Å²) < 4.78 is 0. The molecule has 19 heavy (non-hydrogen) atoms. The van der Waals surface area contributed by atoms with E-state index < -0.39 is 0 Å². The summed E-state index contributed by atoms with van der Waals surface area (Å²) in [6.45, 7) is 7.19. The Morgan fingerprint density at radius 3 is 2.42 bits per heavy atom. The van der Waals surface area contributed by atoms with E-state index in [1.165, 1.54) is 77.3 Å². The Kier molecular flexibility index (Phi) is 6.66. The van der Waals surface area contributed by atoms with Crippen LogP contribution in [0.1, 0.15) is 78.1 Å². The van der Waals surface area contributed by atoms with Crippen LogP contribution in [0, 0.1) is 0 Å². The number of hydrogen-bond acceptors (Lipinski definition) is 2. The molecule has 2 heteroatoms. The van der Waals surface area contributed by atoms with Crippen molar-refractivity contribution >= 4 is 0 Å². The number of nitrogens with one attached hydrogen (secondary N) is 1. The molecule has 1 atom stereocenters. The molecule has 2 fully saturated rings. The molecule has 1 heterocycles. The lowest BCUT2D eigenvalue weighted by molar-refractivity contribution is 0.0620. The first-order valence-corrected chi connectivity index (χ1v) is 8.84. The number of piperidine rings is 1. The maximum Gasteiger partial charge on any atom is 0.00993 e. The topological polar surface area (TPSA) is 15.3 Å². The number of rotatable bonds is 6. The monoisotopic (exact) mass is 266 g/mol. The van der Waals surface area contributed by atoms with Gasteiger partial charge in [-0.05, 0) is 64.5 Å². The highest BCUT2D eigenvalue weighted by Crippen LogP contribution is 2.30. The maximum atomic E-state index is 3.71. The third-order valence-electron chi connectivity index (χ3n) is 5.14. The van der Waals surface area contributed by atoms with Crippen LogP contribution >= 0.6 is 0 Å². The van der Waals surface area contributed by atoms with Crippen LogP contribution in [-0.2, 0) is 0 Å². The van der Waals surface area contributed by atoms with Crippen molar-refractivity contribution in [2.75, 3.05) is 13.1 Å². The van der Waals surface area contributed by atoms with Gasteiger partial charge >= 0.3 is 0 Å². The van der Waals surface area contributed by atoms with Gasteiger partial charge < -0.3 is 5.32 Å². The van der Waals surface area contributed by atoms with E-state index in [4.69, 9.17) is 0 Å². The molecule has 1 saturated carbocycles. The number of hydrogen-bond donors (Lipinski definition) is 1. The summed E-state index contributed by atoms with van der Waals surface area (Å²) in [6, 6.07) is 2.62. The molecule has 0 radical (unpaired) electrons. The second-order valence-corrected chi connectivity index (χ2v) is 6.64. The van der Waals surface area contributed by atoms with Crippen molar-refractivity contribution in [3.05, 3.63) is 0 Å². The molecule has 2 aliphatic rings. The molecule has 0 bridgehead atoms. The summed E-state index contributed by atoms with van der Waals surface area (Å²) in [6.07, 6.45) is 14.1. The third-order valence-corrected chi connectivity index (χ3v) is 5.14. The van der Waals surface area contributed by atoms with Gasteiger partial charge in [0.05, 0.1) is 0 Å². The van der Waals surface area contributed by atoms with Gasteiger partial charge in [0, 0.05) is 18.1 Å². The first kappa shape index (κ1) is 15.3. The van der Waals surface area contributed by atoms with E-state index in [-0.39, 0.29) is 0 Å². The molecule has 2 nitrogen and oxygen atoms in total. The van der Waals surface area contributed by atoms with E-state index in [0.29, 0.717) is 0 Å². The lowest BCUT2D eigenvalue weighted by atomic mass is 9.86. The Hall–Kier alpha value is -0.0800. The molecule has 1 unspecified atom stereocenters. The van der Waals surface area contributed by atoms with Crippen molar-refractivity contribution in [2.24, 2.45) is 0 Å². The highest BCUT2D eigenvalue weighted by molar-refractivity contribution is 4.87. The zero-order chi connectivity index (χ0) is 13.5. The summed E-state index contributed by atoms with van der Waals surface area (Å²) >= 11 is 0. The molecule has 0 spiro atoms. The average molecular weight is 266 g/mol. The molecule has 1 aliphatic heterocycles. The largest absolute Gasteiger partial charge is 0.314 e. The van der Waals surface area contributed by atoms with E-state index in [0.717, 1.165) is 18.1 Å². The van der Waals surface area contributed by atoms with Crippen LogP contribution in [0.2, 0.25) is 0 Å². The van der Waals surface area contributed by atoms with Crippen LogP contribution in [0.5, 0.6) is 0 Å². The molecular formula is C17H34N2. The van der Waals surface area contributed by atoms with Gasteiger partial charge in [-0.3, -0.25) is 4.90 Å². The number of likely N-dealkylation sites (tertiary alicyclic amines) is 1. The van der Waals surface area contributed by atoms with E-state index in [1.54, 1.807) is 0 Å². The fourth-order valence-electron chi connectivity index (χ4n) is 4.11. The molecular weight excluding hydrogens is 232 g/mol. The summed E-state index contributed by atoms with van der Waals surface area (Å²) in [7, 11) is 0. The molecule has 0 amide bonds. The maximum absolute atomic E-state index is 3.71. The van der Waals surface area contributed by atoms with Crippen molar-refractivity contribution in [3.8, 4) is 0 Å². The second kappa shape index (κ2) is 8.26. The van der Waals surface area contributed by atoms with E-state index in [9.17, 15) is 0 Å². The fraction of sp³-hybridized carbons (Fsp3) is 1.00. The molecule has 1 N–H and O–H groups in total. The van der Waals surface area contributed by atoms with Crippen LogP contribution in [0.3, 0.4) is 0 Å². The molecule has 0 aromatic rings. The minimum absolute atomic E-state index is 0.811. The highest BCUT2D eigenvalue weighted by atomic mass is 15.2. The Morgan fingerprint density at radius 2 is 1.74 bits per heavy atom. The quantitative estimate of drug-likeness (QED) is 0.783. The van der Waals surface area contributed by atoms with Crippen molar-refractivity contribution in [3.63, 3.8) is 0 Å². The van der Waals surface area contributed by atoms with Gasteiger partial charge in [0.2, 0.25) is 0 Å². The zero-order valence-corrected chi connectivity index (χ0v) is 13.2. The van der Waals surface area contributed by atoms with Gasteiger partial charge in [-0.25, -0.2) is 0 Å². The van der Waals surface area contributed by atoms with Gasteiger partial charge in [0.15, 0.2) is 0 Å². The highest BCUT2D eigenvalue weighted by Gasteiger charge is 2.31. The summed E-state index contributed by atoms with van der Waals surface area (Å²) in [4.78, 5) is 2.89. The normalized spacial score (nSPS) is 33.5. The van der Waals surface area contributed by atoms with Crippen LogP contribution in [0.15, 0.2) is 0 Å². The van der Waals surface area contributed by atoms with Gasteiger partial charge in [-0.15, -0.1) is 0 Å². The van der Waals surface area contributed by atoms with Crippen molar-refractivity contribution < 1.29 is 0 Å². The van der Waals surface area contributed by atoms with Crippen LogP contribution in [-0.4, -0.2) is 36.1 Å². The van der Waals surface area contributed by atoms with E-state index in [2.05, 4.69) is 24.1 Å². The molecule has 0 aromatic carbocycles. The zero-order valence-electron chi connectivity index (χ0n) is 13.2. The van der Waals surface area contributed by atoms with Crippen LogP contribution in [0.25, 0.3) is 0 Å². The van der Waals surface area contributed by atoms with E-state index >= 15 is 0 Å². The molecule has 112 valence electrons. The first-order valence-electron chi connectivity index (χ1n) is 8.84. The molecule has 1 aliphatic carbocycles. The second-order valence-electron chi connectivity index (χ2n) is 6.64. The van der Waals surface area contributed by atoms with E-state index in [1.807, 2.05) is 0 Å².